The summed E-state index contributed by atoms with van der Waals surface area (Å²) >= 11 is 0. The average molecular weight is 398 g/mol. The van der Waals surface area contributed by atoms with Gasteiger partial charge in [0.05, 0.1) is 5.41 Å². The van der Waals surface area contributed by atoms with E-state index in [0.29, 0.717) is 0 Å². The lowest BCUT2D eigenvalue weighted by Gasteiger charge is -2.25. The molecule has 0 fully saturated rings. The lowest BCUT2D eigenvalue weighted by Crippen LogP contribution is -2.40. The highest BCUT2D eigenvalue weighted by Gasteiger charge is 2.47. The van der Waals surface area contributed by atoms with Crippen LogP contribution in [0.5, 0.6) is 0 Å². The van der Waals surface area contributed by atoms with Gasteiger partial charge in [0, 0.05) is 12.2 Å². The highest BCUT2D eigenvalue weighted by Crippen LogP contribution is 2.45. The lowest BCUT2D eigenvalue weighted by atomic mass is 9.77. The molecule has 0 bridgehead atoms. The van der Waals surface area contributed by atoms with E-state index in [-0.39, 0.29) is 5.91 Å². The monoisotopic (exact) mass is 398 g/mol. The maximum Gasteiger partial charge on any atom is 0.414 e. The third-order valence-electron chi connectivity index (χ3n) is 4.93. The SMILES string of the molecule is CN(C)CCCN1C(=O)C(C)(c2ccccc2)c2ccccc21.O=C(O)C(=O)O. The number of nitrogens with zero attached hydrogens (tertiary/aromatic N) is 2. The molecule has 7 nitrogen and oxygen atoms in total. The number of aliphatic carboxylic acids is 2. The standard InChI is InChI=1S/C20H24N2O.C2H2O4/c1-20(16-10-5-4-6-11-16)17-12-7-8-13-18(17)22(19(20)23)15-9-14-21(2)3;3-1(4)2(5)6/h4-8,10-13H,9,14-15H2,1-3H3;(H,3,4)(H,5,6). The van der Waals surface area contributed by atoms with Gasteiger partial charge in [-0.15, -0.1) is 0 Å². The van der Waals surface area contributed by atoms with Crippen LogP contribution in [0.25, 0.3) is 0 Å². The quantitative estimate of drug-likeness (QED) is 0.751. The zero-order chi connectivity index (χ0) is 21.6. The molecule has 1 atom stereocenters. The summed E-state index contributed by atoms with van der Waals surface area (Å²) in [7, 11) is 4.13. The molecule has 154 valence electrons. The minimum atomic E-state index is -1.82. The molecule has 0 aliphatic carbocycles. The second-order valence-electron chi connectivity index (χ2n) is 7.23. The van der Waals surface area contributed by atoms with Crippen molar-refractivity contribution in [3.8, 4) is 0 Å². The van der Waals surface area contributed by atoms with E-state index in [1.54, 1.807) is 0 Å². The van der Waals surface area contributed by atoms with E-state index in [9.17, 15) is 4.79 Å². The van der Waals surface area contributed by atoms with Crippen LogP contribution in [-0.2, 0) is 19.8 Å². The lowest BCUT2D eigenvalue weighted by molar-refractivity contribution is -0.159. The van der Waals surface area contributed by atoms with Crippen LogP contribution in [0.2, 0.25) is 0 Å². The van der Waals surface area contributed by atoms with Crippen molar-refractivity contribution in [2.45, 2.75) is 18.8 Å². The number of fused-ring (bicyclic) bond motifs is 1. The number of carboxylic acid groups (broad SMARTS) is 2. The predicted molar refractivity (Wildman–Crippen MR) is 110 cm³/mol. The Bertz CT molecular complexity index is 870. The third kappa shape index (κ3) is 4.81. The highest BCUT2D eigenvalue weighted by molar-refractivity contribution is 6.27. The molecule has 2 aromatic rings. The van der Waals surface area contributed by atoms with Crippen molar-refractivity contribution in [1.82, 2.24) is 4.90 Å². The summed E-state index contributed by atoms with van der Waals surface area (Å²) < 4.78 is 0. The van der Waals surface area contributed by atoms with Gasteiger partial charge < -0.3 is 20.0 Å². The molecular weight excluding hydrogens is 372 g/mol. The number of carbonyl (C=O) groups excluding carboxylic acids is 1. The Labute approximate surface area is 170 Å². The van der Waals surface area contributed by atoms with Crippen molar-refractivity contribution in [3.05, 3.63) is 65.7 Å². The van der Waals surface area contributed by atoms with Gasteiger partial charge in [-0.05, 0) is 51.2 Å². The first kappa shape index (κ1) is 22.1. The van der Waals surface area contributed by atoms with E-state index in [1.165, 1.54) is 0 Å². The molecule has 2 N–H and O–H groups in total. The van der Waals surface area contributed by atoms with Crippen LogP contribution >= 0.6 is 0 Å². The first-order valence-corrected chi connectivity index (χ1v) is 9.27. The van der Waals surface area contributed by atoms with Crippen LogP contribution in [0.4, 0.5) is 5.69 Å². The van der Waals surface area contributed by atoms with Crippen molar-refractivity contribution in [3.63, 3.8) is 0 Å². The first-order valence-electron chi connectivity index (χ1n) is 9.27. The normalized spacial score (nSPS) is 17.5. The summed E-state index contributed by atoms with van der Waals surface area (Å²) in [6.45, 7) is 3.79. The van der Waals surface area contributed by atoms with Gasteiger partial charge in [0.1, 0.15) is 0 Å². The summed E-state index contributed by atoms with van der Waals surface area (Å²) in [6, 6.07) is 18.3. The van der Waals surface area contributed by atoms with E-state index < -0.39 is 17.4 Å². The van der Waals surface area contributed by atoms with E-state index in [4.69, 9.17) is 19.8 Å². The number of rotatable bonds is 5. The number of carboxylic acids is 2. The van der Waals surface area contributed by atoms with E-state index >= 15 is 0 Å². The molecule has 0 saturated carbocycles. The van der Waals surface area contributed by atoms with Gasteiger partial charge in [0.25, 0.3) is 0 Å². The fourth-order valence-corrected chi connectivity index (χ4v) is 3.44. The molecule has 0 spiro atoms. The van der Waals surface area contributed by atoms with Crippen molar-refractivity contribution < 1.29 is 24.6 Å². The topological polar surface area (TPSA) is 98.2 Å². The van der Waals surface area contributed by atoms with Crippen molar-refractivity contribution in [2.24, 2.45) is 0 Å². The first-order chi connectivity index (χ1) is 13.7. The largest absolute Gasteiger partial charge is 0.473 e. The number of hydrogen-bond donors (Lipinski definition) is 2. The fourth-order valence-electron chi connectivity index (χ4n) is 3.44. The van der Waals surface area contributed by atoms with Crippen LogP contribution in [0.3, 0.4) is 0 Å². The zero-order valence-electron chi connectivity index (χ0n) is 16.8. The summed E-state index contributed by atoms with van der Waals surface area (Å²) in [6.07, 6.45) is 0.970. The Morgan fingerprint density at radius 1 is 0.966 bits per heavy atom. The second kappa shape index (κ2) is 9.34. The predicted octanol–water partition coefficient (Wildman–Crippen LogP) is 2.45. The molecule has 1 aliphatic heterocycles. The number of hydrogen-bond acceptors (Lipinski definition) is 4. The van der Waals surface area contributed by atoms with E-state index in [0.717, 1.165) is 36.3 Å². The van der Waals surface area contributed by atoms with Gasteiger partial charge >= 0.3 is 11.9 Å². The van der Waals surface area contributed by atoms with Gasteiger partial charge in [0.2, 0.25) is 5.91 Å². The highest BCUT2D eigenvalue weighted by atomic mass is 16.4. The maximum atomic E-state index is 13.3. The molecule has 1 aliphatic rings. The Hall–Kier alpha value is -3.19. The number of carbonyl (C=O) groups is 3. The smallest absolute Gasteiger partial charge is 0.414 e. The Balaban J connectivity index is 0.000000438. The van der Waals surface area contributed by atoms with Gasteiger partial charge in [-0.25, -0.2) is 9.59 Å². The van der Waals surface area contributed by atoms with Gasteiger partial charge in [-0.1, -0.05) is 48.5 Å². The molecular formula is C22H26N2O5. The molecule has 1 heterocycles. The van der Waals surface area contributed by atoms with Gasteiger partial charge in [-0.2, -0.15) is 0 Å². The maximum absolute atomic E-state index is 13.3. The summed E-state index contributed by atoms with van der Waals surface area (Å²) in [5.74, 6) is -3.46. The number of para-hydroxylation sites is 1. The van der Waals surface area contributed by atoms with Gasteiger partial charge in [-0.3, -0.25) is 4.79 Å². The molecule has 0 aromatic heterocycles. The van der Waals surface area contributed by atoms with Crippen molar-refractivity contribution in [1.29, 1.82) is 0 Å². The van der Waals surface area contributed by atoms with Crippen molar-refractivity contribution >= 4 is 23.5 Å². The molecule has 1 unspecified atom stereocenters. The third-order valence-corrected chi connectivity index (χ3v) is 4.93. The van der Waals surface area contributed by atoms with Crippen LogP contribution in [-0.4, -0.2) is 60.1 Å². The molecule has 29 heavy (non-hydrogen) atoms. The fraction of sp³-hybridized carbons (Fsp3) is 0.318. The summed E-state index contributed by atoms with van der Waals surface area (Å²) in [5.41, 5.74) is 2.65. The zero-order valence-corrected chi connectivity index (χ0v) is 16.8. The van der Waals surface area contributed by atoms with Gasteiger partial charge in [0.15, 0.2) is 0 Å². The molecule has 2 aromatic carbocycles. The minimum Gasteiger partial charge on any atom is -0.473 e. The average Bonchev–Trinajstić information content (AvgIpc) is 2.92. The van der Waals surface area contributed by atoms with Crippen LogP contribution in [0.15, 0.2) is 54.6 Å². The number of anilines is 1. The van der Waals surface area contributed by atoms with Crippen LogP contribution < -0.4 is 4.90 Å². The molecule has 1 amide bonds. The summed E-state index contributed by atoms with van der Waals surface area (Å²) in [5, 5.41) is 14.8. The Morgan fingerprint density at radius 2 is 1.52 bits per heavy atom. The van der Waals surface area contributed by atoms with E-state index in [1.807, 2.05) is 35.2 Å². The van der Waals surface area contributed by atoms with Crippen LogP contribution in [0, 0.1) is 0 Å². The Kier molecular flexibility index (Phi) is 7.12. The molecule has 0 saturated heterocycles. The number of benzene rings is 2. The van der Waals surface area contributed by atoms with Crippen LogP contribution in [0.1, 0.15) is 24.5 Å². The second-order valence-corrected chi connectivity index (χ2v) is 7.23. The minimum absolute atomic E-state index is 0.184. The Morgan fingerprint density at radius 3 is 2.07 bits per heavy atom. The molecule has 3 rings (SSSR count). The summed E-state index contributed by atoms with van der Waals surface area (Å²) in [4.78, 5) is 35.6. The molecule has 7 heteroatoms. The molecule has 0 radical (unpaired) electrons. The van der Waals surface area contributed by atoms with E-state index in [2.05, 4.69) is 50.2 Å². The number of amides is 1. The van der Waals surface area contributed by atoms with Crippen molar-refractivity contribution in [2.75, 3.05) is 32.1 Å².